The summed E-state index contributed by atoms with van der Waals surface area (Å²) in [4.78, 5) is 24.9. The molecule has 0 saturated carbocycles. The van der Waals surface area contributed by atoms with Crippen LogP contribution in [0.4, 0.5) is 5.69 Å². The second-order valence-electron chi connectivity index (χ2n) is 5.42. The number of hydrazine groups is 1. The van der Waals surface area contributed by atoms with Gasteiger partial charge in [0.15, 0.2) is 5.11 Å². The summed E-state index contributed by atoms with van der Waals surface area (Å²) in [5.41, 5.74) is 6.06. The quantitative estimate of drug-likeness (QED) is 0.445. The zero-order chi connectivity index (χ0) is 18.9. The van der Waals surface area contributed by atoms with Crippen molar-refractivity contribution in [3.63, 3.8) is 0 Å². The molecular formula is C17H20N4O3S2. The van der Waals surface area contributed by atoms with Gasteiger partial charge in [0.25, 0.3) is 11.8 Å². The van der Waals surface area contributed by atoms with E-state index in [4.69, 9.17) is 17.0 Å². The Labute approximate surface area is 161 Å². The van der Waals surface area contributed by atoms with Crippen molar-refractivity contribution in [3.8, 4) is 0 Å². The molecule has 4 N–H and O–H groups in total. The number of thiocarbonyl (C=S) groups is 1. The molecule has 2 amide bonds. The van der Waals surface area contributed by atoms with Crippen molar-refractivity contribution in [2.45, 2.75) is 13.0 Å². The molecule has 0 aliphatic heterocycles. The van der Waals surface area contributed by atoms with Gasteiger partial charge < -0.3 is 15.4 Å². The lowest BCUT2D eigenvalue weighted by atomic mass is 10.2. The molecule has 1 atom stereocenters. The first-order valence-electron chi connectivity index (χ1n) is 7.80. The smallest absolute Gasteiger partial charge is 0.269 e. The highest BCUT2D eigenvalue weighted by Gasteiger charge is 2.10. The third-order valence-corrected chi connectivity index (χ3v) is 4.30. The topological polar surface area (TPSA) is 91.5 Å². The molecule has 9 heteroatoms. The van der Waals surface area contributed by atoms with Gasteiger partial charge in [-0.15, -0.1) is 11.3 Å². The van der Waals surface area contributed by atoms with Gasteiger partial charge in [-0.2, -0.15) is 0 Å². The van der Waals surface area contributed by atoms with Crippen LogP contribution in [0.25, 0.3) is 0 Å². The van der Waals surface area contributed by atoms with Crippen molar-refractivity contribution in [2.24, 2.45) is 0 Å². The largest absolute Gasteiger partial charge is 0.383 e. The molecule has 0 radical (unpaired) electrons. The summed E-state index contributed by atoms with van der Waals surface area (Å²) < 4.78 is 5.00. The molecule has 0 aliphatic carbocycles. The van der Waals surface area contributed by atoms with E-state index in [1.54, 1.807) is 43.5 Å². The van der Waals surface area contributed by atoms with Crippen LogP contribution in [0.5, 0.6) is 0 Å². The fourth-order valence-corrected chi connectivity index (χ4v) is 2.95. The number of methoxy groups -OCH3 is 1. The number of anilines is 1. The van der Waals surface area contributed by atoms with Gasteiger partial charge in [0.05, 0.1) is 11.5 Å². The number of amides is 2. The van der Waals surface area contributed by atoms with Gasteiger partial charge in [0, 0.05) is 24.4 Å². The highest BCUT2D eigenvalue weighted by molar-refractivity contribution is 7.80. The fraction of sp³-hybridized carbons (Fsp3) is 0.235. The molecule has 0 spiro atoms. The summed E-state index contributed by atoms with van der Waals surface area (Å²) in [5, 5.41) is 7.84. The van der Waals surface area contributed by atoms with Crippen LogP contribution in [0.1, 0.15) is 27.0 Å². The molecule has 0 fully saturated rings. The summed E-state index contributed by atoms with van der Waals surface area (Å²) >= 11 is 6.44. The standard InChI is InChI=1S/C17H20N4O3S2/c1-11(10-24-2)18-17(25)21-20-15(22)12-5-3-6-13(9-12)19-16(23)14-7-4-8-26-14/h3-9,11H,10H2,1-2H3,(H,19,23)(H,20,22)(H2,18,21,25)/t11-/m0/s1. The number of thiophene rings is 1. The van der Waals surface area contributed by atoms with E-state index >= 15 is 0 Å². The van der Waals surface area contributed by atoms with E-state index in [9.17, 15) is 9.59 Å². The fourth-order valence-electron chi connectivity index (χ4n) is 2.08. The highest BCUT2D eigenvalue weighted by Crippen LogP contribution is 2.14. The van der Waals surface area contributed by atoms with Crippen LogP contribution in [-0.4, -0.2) is 36.7 Å². The molecule has 0 bridgehead atoms. The normalized spacial score (nSPS) is 11.3. The van der Waals surface area contributed by atoms with E-state index in [1.165, 1.54) is 11.3 Å². The van der Waals surface area contributed by atoms with E-state index in [1.807, 2.05) is 12.3 Å². The van der Waals surface area contributed by atoms with Gasteiger partial charge >= 0.3 is 0 Å². The number of rotatable bonds is 6. The number of carbonyl (C=O) groups excluding carboxylic acids is 2. The van der Waals surface area contributed by atoms with Crippen LogP contribution < -0.4 is 21.5 Å². The monoisotopic (exact) mass is 392 g/mol. The Morgan fingerprint density at radius 2 is 2.00 bits per heavy atom. The molecule has 7 nitrogen and oxygen atoms in total. The average molecular weight is 393 g/mol. The van der Waals surface area contributed by atoms with Crippen LogP contribution in [0.15, 0.2) is 41.8 Å². The van der Waals surface area contributed by atoms with E-state index in [0.29, 0.717) is 22.7 Å². The summed E-state index contributed by atoms with van der Waals surface area (Å²) in [5.74, 6) is -0.589. The first-order chi connectivity index (χ1) is 12.5. The number of hydrogen-bond acceptors (Lipinski definition) is 5. The minimum atomic E-state index is -0.374. The number of hydrogen-bond donors (Lipinski definition) is 4. The maximum Gasteiger partial charge on any atom is 0.269 e. The second kappa shape index (κ2) is 9.85. The van der Waals surface area contributed by atoms with Crippen molar-refractivity contribution in [1.29, 1.82) is 0 Å². The third-order valence-electron chi connectivity index (χ3n) is 3.21. The number of nitrogens with one attached hydrogen (secondary N) is 4. The lowest BCUT2D eigenvalue weighted by Crippen LogP contribution is -2.49. The minimum Gasteiger partial charge on any atom is -0.383 e. The Morgan fingerprint density at radius 1 is 1.19 bits per heavy atom. The average Bonchev–Trinajstić information content (AvgIpc) is 3.15. The van der Waals surface area contributed by atoms with E-state index in [2.05, 4.69) is 21.5 Å². The first kappa shape index (κ1) is 19.8. The van der Waals surface area contributed by atoms with Crippen LogP contribution in [0.2, 0.25) is 0 Å². The predicted octanol–water partition coefficient (Wildman–Crippen LogP) is 2.14. The third kappa shape index (κ3) is 6.10. The summed E-state index contributed by atoms with van der Waals surface area (Å²) in [7, 11) is 1.60. The van der Waals surface area contributed by atoms with Crippen LogP contribution >= 0.6 is 23.6 Å². The summed E-state index contributed by atoms with van der Waals surface area (Å²) in [6, 6.07) is 10.2. The first-order valence-corrected chi connectivity index (χ1v) is 9.09. The van der Waals surface area contributed by atoms with Gasteiger partial charge in [-0.3, -0.25) is 20.4 Å². The van der Waals surface area contributed by atoms with Gasteiger partial charge in [0.1, 0.15) is 0 Å². The number of benzene rings is 1. The molecule has 26 heavy (non-hydrogen) atoms. The Hall–Kier alpha value is -2.49. The second-order valence-corrected chi connectivity index (χ2v) is 6.78. The van der Waals surface area contributed by atoms with Crippen molar-refractivity contribution >= 4 is 46.2 Å². The number of ether oxygens (including phenoxy) is 1. The zero-order valence-electron chi connectivity index (χ0n) is 14.4. The van der Waals surface area contributed by atoms with Crippen LogP contribution in [0, 0.1) is 0 Å². The van der Waals surface area contributed by atoms with Gasteiger partial charge in [-0.1, -0.05) is 12.1 Å². The van der Waals surface area contributed by atoms with Crippen molar-refractivity contribution in [3.05, 3.63) is 52.2 Å². The lowest BCUT2D eigenvalue weighted by Gasteiger charge is -2.16. The molecule has 138 valence electrons. The van der Waals surface area contributed by atoms with Gasteiger partial charge in [-0.25, -0.2) is 0 Å². The molecule has 0 aliphatic rings. The van der Waals surface area contributed by atoms with E-state index < -0.39 is 0 Å². The summed E-state index contributed by atoms with van der Waals surface area (Å²) in [6.07, 6.45) is 0. The highest BCUT2D eigenvalue weighted by atomic mass is 32.1. The Bertz CT molecular complexity index is 765. The Balaban J connectivity index is 1.89. The van der Waals surface area contributed by atoms with Gasteiger partial charge in [0.2, 0.25) is 0 Å². The SMILES string of the molecule is COC[C@H](C)NC(=S)NNC(=O)c1cccc(NC(=O)c2cccs2)c1. The van der Waals surface area contributed by atoms with Gasteiger partial charge in [-0.05, 0) is 48.8 Å². The molecule has 0 unspecified atom stereocenters. The maximum atomic E-state index is 12.2. The van der Waals surface area contributed by atoms with Crippen molar-refractivity contribution in [2.75, 3.05) is 19.0 Å². The number of carbonyl (C=O) groups is 2. The molecule has 1 aromatic carbocycles. The zero-order valence-corrected chi connectivity index (χ0v) is 16.0. The van der Waals surface area contributed by atoms with Crippen molar-refractivity contribution < 1.29 is 14.3 Å². The van der Waals surface area contributed by atoms with Crippen LogP contribution in [0.3, 0.4) is 0 Å². The Morgan fingerprint density at radius 3 is 2.69 bits per heavy atom. The molecule has 1 aromatic heterocycles. The molecule has 2 rings (SSSR count). The maximum absolute atomic E-state index is 12.2. The predicted molar refractivity (Wildman–Crippen MR) is 106 cm³/mol. The molecule has 2 aromatic rings. The molecule has 0 saturated heterocycles. The van der Waals surface area contributed by atoms with Crippen molar-refractivity contribution in [1.82, 2.24) is 16.2 Å². The van der Waals surface area contributed by atoms with E-state index in [-0.39, 0.29) is 23.0 Å². The van der Waals surface area contributed by atoms with E-state index in [0.717, 1.165) is 0 Å². The lowest BCUT2D eigenvalue weighted by molar-refractivity contribution is 0.0942. The Kier molecular flexibility index (Phi) is 7.52. The summed E-state index contributed by atoms with van der Waals surface area (Å²) in [6.45, 7) is 2.39. The molecular weight excluding hydrogens is 372 g/mol. The minimum absolute atomic E-state index is 0.00712. The van der Waals surface area contributed by atoms with Crippen LogP contribution in [-0.2, 0) is 4.74 Å². The molecule has 1 heterocycles.